The summed E-state index contributed by atoms with van der Waals surface area (Å²) in [6.07, 6.45) is 8.56. The molecule has 0 spiro atoms. The number of pyridine rings is 3. The second-order valence-corrected chi connectivity index (χ2v) is 7.45. The lowest BCUT2D eigenvalue weighted by Crippen LogP contribution is -2.30. The van der Waals surface area contributed by atoms with E-state index in [4.69, 9.17) is 5.73 Å². The van der Waals surface area contributed by atoms with Gasteiger partial charge in [-0.05, 0) is 49.6 Å². The van der Waals surface area contributed by atoms with Gasteiger partial charge < -0.3 is 16.0 Å². The third kappa shape index (κ3) is 4.32. The minimum Gasteiger partial charge on any atom is -0.397 e. The van der Waals surface area contributed by atoms with Gasteiger partial charge in [-0.25, -0.2) is 4.98 Å². The van der Waals surface area contributed by atoms with E-state index in [1.807, 2.05) is 12.1 Å². The lowest BCUT2D eigenvalue weighted by atomic mass is 10.1. The number of hydrogen-bond donors (Lipinski definition) is 3. The van der Waals surface area contributed by atoms with Crippen molar-refractivity contribution in [3.05, 3.63) is 54.6 Å². The number of anilines is 3. The molecule has 1 saturated heterocycles. The van der Waals surface area contributed by atoms with Gasteiger partial charge in [-0.15, -0.1) is 12.6 Å². The van der Waals surface area contributed by atoms with Gasteiger partial charge in [-0.3, -0.25) is 14.8 Å². The Balaban J connectivity index is 1.61. The summed E-state index contributed by atoms with van der Waals surface area (Å²) in [5.74, 6) is -0.374. The number of nitrogen functional groups attached to an aromatic ring is 1. The van der Waals surface area contributed by atoms with E-state index in [0.29, 0.717) is 22.8 Å². The van der Waals surface area contributed by atoms with E-state index in [-0.39, 0.29) is 11.6 Å². The van der Waals surface area contributed by atoms with Crippen molar-refractivity contribution in [2.24, 2.45) is 0 Å². The molecule has 1 fully saturated rings. The van der Waals surface area contributed by atoms with Crippen LogP contribution in [0.15, 0.2) is 53.8 Å². The number of piperidine rings is 1. The first kappa shape index (κ1) is 19.2. The molecular formula is C21H22N6OS. The van der Waals surface area contributed by atoms with Crippen LogP contribution >= 0.6 is 12.6 Å². The van der Waals surface area contributed by atoms with E-state index >= 15 is 0 Å². The van der Waals surface area contributed by atoms with Crippen LogP contribution in [0.25, 0.3) is 11.4 Å². The number of hydrogen-bond acceptors (Lipinski definition) is 7. The summed E-state index contributed by atoms with van der Waals surface area (Å²) < 4.78 is 0. The molecule has 0 atom stereocenters. The largest absolute Gasteiger partial charge is 0.397 e. The Morgan fingerprint density at radius 1 is 1.03 bits per heavy atom. The van der Waals surface area contributed by atoms with Crippen LogP contribution < -0.4 is 16.0 Å². The fraction of sp³-hybridized carbons (Fsp3) is 0.238. The zero-order chi connectivity index (χ0) is 20.2. The van der Waals surface area contributed by atoms with Crippen molar-refractivity contribution in [3.63, 3.8) is 0 Å². The summed E-state index contributed by atoms with van der Waals surface area (Å²) in [5, 5.41) is 2.93. The number of aromatic nitrogens is 3. The van der Waals surface area contributed by atoms with E-state index in [1.165, 1.54) is 6.42 Å². The van der Waals surface area contributed by atoms with Gasteiger partial charge in [0.05, 0.1) is 34.6 Å². The topological polar surface area (TPSA) is 97.0 Å². The summed E-state index contributed by atoms with van der Waals surface area (Å²) in [5.41, 5.74) is 9.35. The van der Waals surface area contributed by atoms with Crippen molar-refractivity contribution in [2.75, 3.05) is 29.0 Å². The molecule has 3 N–H and O–H groups in total. The Morgan fingerprint density at radius 3 is 2.59 bits per heavy atom. The average molecular weight is 407 g/mol. The van der Waals surface area contributed by atoms with Crippen molar-refractivity contribution in [2.45, 2.75) is 24.2 Å². The molecule has 0 aliphatic carbocycles. The fourth-order valence-electron chi connectivity index (χ4n) is 3.41. The van der Waals surface area contributed by atoms with E-state index in [0.717, 1.165) is 36.5 Å². The highest BCUT2D eigenvalue weighted by Crippen LogP contribution is 2.28. The molecule has 0 aromatic carbocycles. The molecule has 0 unspecified atom stereocenters. The van der Waals surface area contributed by atoms with Crippen LogP contribution in [-0.4, -0.2) is 33.9 Å². The number of thiol groups is 1. The van der Waals surface area contributed by atoms with Gasteiger partial charge in [0.15, 0.2) is 5.69 Å². The summed E-state index contributed by atoms with van der Waals surface area (Å²) in [6, 6.07) is 8.97. The average Bonchev–Trinajstić information content (AvgIpc) is 2.76. The summed E-state index contributed by atoms with van der Waals surface area (Å²) in [6.45, 7) is 1.94. The number of rotatable bonds is 4. The van der Waals surface area contributed by atoms with Crippen LogP contribution in [0.3, 0.4) is 0 Å². The number of nitrogens with zero attached hydrogens (tertiary/aromatic N) is 4. The van der Waals surface area contributed by atoms with Crippen molar-refractivity contribution in [1.29, 1.82) is 0 Å². The second-order valence-electron chi connectivity index (χ2n) is 6.93. The van der Waals surface area contributed by atoms with Crippen molar-refractivity contribution >= 4 is 35.6 Å². The highest BCUT2D eigenvalue weighted by molar-refractivity contribution is 7.80. The SMILES string of the molecule is Nc1ccc(-c2ccc(S)cn2)nc1C(=O)Nc1cnccc1N1CCCCC1. The first-order valence-electron chi connectivity index (χ1n) is 9.54. The number of amides is 1. The molecule has 3 aromatic heterocycles. The maximum absolute atomic E-state index is 13.0. The maximum Gasteiger partial charge on any atom is 0.276 e. The van der Waals surface area contributed by atoms with E-state index < -0.39 is 0 Å². The minimum absolute atomic E-state index is 0.160. The molecule has 1 amide bonds. The first-order chi connectivity index (χ1) is 14.1. The lowest BCUT2D eigenvalue weighted by Gasteiger charge is -2.30. The highest BCUT2D eigenvalue weighted by Gasteiger charge is 2.19. The molecule has 29 heavy (non-hydrogen) atoms. The third-order valence-electron chi connectivity index (χ3n) is 4.89. The molecule has 0 radical (unpaired) electrons. The van der Waals surface area contributed by atoms with Gasteiger partial charge in [0, 0.05) is 30.4 Å². The Labute approximate surface area is 174 Å². The molecule has 0 bridgehead atoms. The second kappa shape index (κ2) is 8.48. The van der Waals surface area contributed by atoms with Crippen molar-refractivity contribution in [1.82, 2.24) is 15.0 Å². The van der Waals surface area contributed by atoms with Gasteiger partial charge in [-0.2, -0.15) is 0 Å². The lowest BCUT2D eigenvalue weighted by molar-refractivity contribution is 0.102. The van der Waals surface area contributed by atoms with E-state index in [1.54, 1.807) is 36.8 Å². The van der Waals surface area contributed by atoms with Crippen molar-refractivity contribution < 1.29 is 4.79 Å². The predicted molar refractivity (Wildman–Crippen MR) is 117 cm³/mol. The Kier molecular flexibility index (Phi) is 5.62. The zero-order valence-electron chi connectivity index (χ0n) is 15.9. The number of carbonyl (C=O) groups excluding carboxylic acids is 1. The van der Waals surface area contributed by atoms with Crippen LogP contribution in [-0.2, 0) is 0 Å². The Bertz CT molecular complexity index is 1020. The molecule has 4 heterocycles. The highest BCUT2D eigenvalue weighted by atomic mass is 32.1. The maximum atomic E-state index is 13.0. The third-order valence-corrected chi connectivity index (χ3v) is 5.16. The monoisotopic (exact) mass is 406 g/mol. The molecule has 8 heteroatoms. The molecule has 7 nitrogen and oxygen atoms in total. The molecule has 3 aromatic rings. The van der Waals surface area contributed by atoms with E-state index in [2.05, 4.69) is 37.8 Å². The quantitative estimate of drug-likeness (QED) is 0.572. The first-order valence-corrected chi connectivity index (χ1v) is 9.99. The van der Waals surface area contributed by atoms with Crippen LogP contribution in [0.2, 0.25) is 0 Å². The number of nitrogens with two attached hydrogens (primary N) is 1. The fourth-order valence-corrected chi connectivity index (χ4v) is 3.54. The molecule has 148 valence electrons. The van der Waals surface area contributed by atoms with Gasteiger partial charge >= 0.3 is 0 Å². The standard InChI is InChI=1S/C21H22N6OS/c22-15-5-7-17(16-6-4-14(29)12-24-16)25-20(15)21(28)26-18-13-23-9-8-19(18)27-10-2-1-3-11-27/h4-9,12-13,29H,1-3,10-11,22H2,(H,26,28). The summed E-state index contributed by atoms with van der Waals surface area (Å²) in [7, 11) is 0. The predicted octanol–water partition coefficient (Wildman–Crippen LogP) is 3.65. The molecule has 1 aliphatic heterocycles. The zero-order valence-corrected chi connectivity index (χ0v) is 16.8. The molecule has 1 aliphatic rings. The normalized spacial score (nSPS) is 13.9. The Hall–Kier alpha value is -3.13. The number of carbonyl (C=O) groups is 1. The summed E-state index contributed by atoms with van der Waals surface area (Å²) >= 11 is 4.25. The van der Waals surface area contributed by atoms with Crippen LogP contribution in [0.1, 0.15) is 29.8 Å². The smallest absolute Gasteiger partial charge is 0.276 e. The number of nitrogens with one attached hydrogen (secondary N) is 1. The van der Waals surface area contributed by atoms with Gasteiger partial charge in [-0.1, -0.05) is 0 Å². The van der Waals surface area contributed by atoms with Crippen LogP contribution in [0, 0.1) is 0 Å². The summed E-state index contributed by atoms with van der Waals surface area (Å²) in [4.78, 5) is 28.9. The Morgan fingerprint density at radius 2 is 1.83 bits per heavy atom. The molecule has 4 rings (SSSR count). The van der Waals surface area contributed by atoms with Crippen LogP contribution in [0.4, 0.5) is 17.1 Å². The minimum atomic E-state index is -0.374. The van der Waals surface area contributed by atoms with Gasteiger partial charge in [0.1, 0.15) is 0 Å². The van der Waals surface area contributed by atoms with Crippen LogP contribution in [0.5, 0.6) is 0 Å². The van der Waals surface area contributed by atoms with Gasteiger partial charge in [0.25, 0.3) is 5.91 Å². The van der Waals surface area contributed by atoms with Gasteiger partial charge in [0.2, 0.25) is 0 Å². The van der Waals surface area contributed by atoms with E-state index in [9.17, 15) is 4.79 Å². The molecule has 0 saturated carbocycles. The van der Waals surface area contributed by atoms with Crippen molar-refractivity contribution in [3.8, 4) is 11.4 Å². The molecular weight excluding hydrogens is 384 g/mol.